The lowest BCUT2D eigenvalue weighted by atomic mass is 9.85. The molecule has 0 radical (unpaired) electrons. The summed E-state index contributed by atoms with van der Waals surface area (Å²) in [6.07, 6.45) is 2.87. The zero-order valence-corrected chi connectivity index (χ0v) is 14.1. The van der Waals surface area contributed by atoms with Crippen LogP contribution in [0.4, 0.5) is 5.69 Å². The van der Waals surface area contributed by atoms with Crippen LogP contribution in [0.15, 0.2) is 12.1 Å². The lowest BCUT2D eigenvalue weighted by Gasteiger charge is -2.28. The Hall–Kier alpha value is -1.46. The zero-order chi connectivity index (χ0) is 16.2. The molecule has 2 heterocycles. The highest BCUT2D eigenvalue weighted by Crippen LogP contribution is 2.38. The Morgan fingerprint density at radius 3 is 2.83 bits per heavy atom. The van der Waals surface area contributed by atoms with E-state index in [0.717, 1.165) is 13.1 Å². The first-order chi connectivity index (χ1) is 11.1. The van der Waals surface area contributed by atoms with Crippen molar-refractivity contribution in [3.63, 3.8) is 0 Å². The number of ether oxygens (including phenoxy) is 2. The van der Waals surface area contributed by atoms with Crippen molar-refractivity contribution in [1.29, 1.82) is 0 Å². The molecule has 2 aliphatic rings. The van der Waals surface area contributed by atoms with Crippen LogP contribution in [0.2, 0.25) is 5.02 Å². The quantitative estimate of drug-likeness (QED) is 0.885. The van der Waals surface area contributed by atoms with Crippen molar-refractivity contribution in [3.05, 3.63) is 17.2 Å². The number of anilines is 1. The summed E-state index contributed by atoms with van der Waals surface area (Å²) in [4.78, 5) is 12.3. The van der Waals surface area contributed by atoms with Crippen molar-refractivity contribution < 1.29 is 14.3 Å². The molecule has 1 amide bonds. The average Bonchev–Trinajstić information content (AvgIpc) is 2.56. The van der Waals surface area contributed by atoms with Gasteiger partial charge in [0.05, 0.1) is 10.7 Å². The van der Waals surface area contributed by atoms with E-state index in [4.69, 9.17) is 21.1 Å². The van der Waals surface area contributed by atoms with Gasteiger partial charge in [0.25, 0.3) is 0 Å². The van der Waals surface area contributed by atoms with E-state index in [0.29, 0.717) is 53.7 Å². The summed E-state index contributed by atoms with van der Waals surface area (Å²) in [5.41, 5.74) is 0.579. The van der Waals surface area contributed by atoms with Gasteiger partial charge in [-0.25, -0.2) is 0 Å². The van der Waals surface area contributed by atoms with E-state index in [1.807, 2.05) is 0 Å². The second-order valence-electron chi connectivity index (χ2n) is 6.31. The maximum Gasteiger partial charge on any atom is 0.224 e. The smallest absolute Gasteiger partial charge is 0.224 e. The largest absolute Gasteiger partial charge is 0.486 e. The number of hydrogen-bond acceptors (Lipinski definition) is 4. The Morgan fingerprint density at radius 2 is 2.13 bits per heavy atom. The number of carbonyl (C=O) groups is 1. The fourth-order valence-corrected chi connectivity index (χ4v) is 3.39. The van der Waals surface area contributed by atoms with Crippen molar-refractivity contribution >= 4 is 23.2 Å². The van der Waals surface area contributed by atoms with Crippen LogP contribution in [0.25, 0.3) is 0 Å². The van der Waals surface area contributed by atoms with Crippen LogP contribution < -0.4 is 20.1 Å². The normalized spacial score (nSPS) is 21.6. The van der Waals surface area contributed by atoms with Gasteiger partial charge in [-0.3, -0.25) is 4.79 Å². The van der Waals surface area contributed by atoms with Gasteiger partial charge in [0.2, 0.25) is 5.91 Å². The van der Waals surface area contributed by atoms with Crippen molar-refractivity contribution in [1.82, 2.24) is 5.32 Å². The van der Waals surface area contributed by atoms with Crippen LogP contribution in [0, 0.1) is 11.8 Å². The van der Waals surface area contributed by atoms with Gasteiger partial charge in [-0.15, -0.1) is 0 Å². The van der Waals surface area contributed by atoms with Gasteiger partial charge in [-0.1, -0.05) is 18.5 Å². The van der Waals surface area contributed by atoms with Gasteiger partial charge in [0.15, 0.2) is 11.5 Å². The molecule has 2 atom stereocenters. The summed E-state index contributed by atoms with van der Waals surface area (Å²) in [6, 6.07) is 3.43. The standard InChI is InChI=1S/C17H23ClN2O3/c1-11(12-3-2-4-19-10-12)7-17(21)20-14-9-16-15(8-13(14)18)22-5-6-23-16/h8-9,11-12,19H,2-7,10H2,1H3,(H,20,21). The lowest BCUT2D eigenvalue weighted by molar-refractivity contribution is -0.117. The topological polar surface area (TPSA) is 59.6 Å². The number of rotatable bonds is 4. The summed E-state index contributed by atoms with van der Waals surface area (Å²) in [7, 11) is 0. The predicted molar refractivity (Wildman–Crippen MR) is 90.4 cm³/mol. The van der Waals surface area contributed by atoms with Gasteiger partial charge in [-0.2, -0.15) is 0 Å². The van der Waals surface area contributed by atoms with Gasteiger partial charge in [0, 0.05) is 18.6 Å². The first-order valence-electron chi connectivity index (χ1n) is 8.23. The Balaban J connectivity index is 1.61. The van der Waals surface area contributed by atoms with Crippen LogP contribution in [-0.4, -0.2) is 32.2 Å². The fraction of sp³-hybridized carbons (Fsp3) is 0.588. The highest BCUT2D eigenvalue weighted by molar-refractivity contribution is 6.34. The molecule has 1 aromatic rings. The van der Waals surface area contributed by atoms with E-state index in [9.17, 15) is 4.79 Å². The molecule has 0 spiro atoms. The number of hydrogen-bond donors (Lipinski definition) is 2. The molecule has 0 saturated carbocycles. The lowest BCUT2D eigenvalue weighted by Crippen LogP contribution is -2.34. The molecule has 1 aromatic carbocycles. The SMILES string of the molecule is CC(CC(=O)Nc1cc2c(cc1Cl)OCCO2)C1CCCNC1. The van der Waals surface area contributed by atoms with Crippen molar-refractivity contribution in [2.45, 2.75) is 26.2 Å². The van der Waals surface area contributed by atoms with E-state index >= 15 is 0 Å². The molecule has 6 heteroatoms. The number of fused-ring (bicyclic) bond motifs is 1. The first kappa shape index (κ1) is 16.4. The zero-order valence-electron chi connectivity index (χ0n) is 13.4. The minimum atomic E-state index is -0.0124. The van der Waals surface area contributed by atoms with E-state index in [1.54, 1.807) is 12.1 Å². The molecule has 2 aliphatic heterocycles. The second kappa shape index (κ2) is 7.41. The Morgan fingerprint density at radius 1 is 1.39 bits per heavy atom. The van der Waals surface area contributed by atoms with E-state index < -0.39 is 0 Å². The highest BCUT2D eigenvalue weighted by atomic mass is 35.5. The van der Waals surface area contributed by atoms with E-state index in [2.05, 4.69) is 17.6 Å². The molecule has 3 rings (SSSR count). The number of amides is 1. The molecule has 2 unspecified atom stereocenters. The molecule has 126 valence electrons. The maximum absolute atomic E-state index is 12.3. The summed E-state index contributed by atoms with van der Waals surface area (Å²) in [5, 5.41) is 6.77. The van der Waals surface area contributed by atoms with Crippen LogP contribution in [0.1, 0.15) is 26.2 Å². The Bertz CT molecular complexity index is 573. The van der Waals surface area contributed by atoms with Gasteiger partial charge >= 0.3 is 0 Å². The second-order valence-corrected chi connectivity index (χ2v) is 6.72. The third-order valence-corrected chi connectivity index (χ3v) is 4.87. The molecule has 1 fully saturated rings. The predicted octanol–water partition coefficient (Wildman–Crippen LogP) is 3.08. The van der Waals surface area contributed by atoms with Gasteiger partial charge in [0.1, 0.15) is 13.2 Å². The molecule has 2 N–H and O–H groups in total. The van der Waals surface area contributed by atoms with Crippen molar-refractivity contribution in [2.24, 2.45) is 11.8 Å². The Kier molecular flexibility index (Phi) is 5.28. The minimum absolute atomic E-state index is 0.0124. The first-order valence-corrected chi connectivity index (χ1v) is 8.61. The molecule has 0 bridgehead atoms. The summed E-state index contributed by atoms with van der Waals surface area (Å²) in [5.74, 6) is 2.15. The molecule has 0 aromatic heterocycles. The Labute approximate surface area is 141 Å². The summed E-state index contributed by atoms with van der Waals surface area (Å²) < 4.78 is 11.0. The molecular weight excluding hydrogens is 316 g/mol. The number of carbonyl (C=O) groups excluding carboxylic acids is 1. The van der Waals surface area contributed by atoms with Gasteiger partial charge in [-0.05, 0) is 37.8 Å². The molecule has 23 heavy (non-hydrogen) atoms. The number of benzene rings is 1. The monoisotopic (exact) mass is 338 g/mol. The van der Waals surface area contributed by atoms with E-state index in [-0.39, 0.29) is 5.91 Å². The third kappa shape index (κ3) is 4.09. The minimum Gasteiger partial charge on any atom is -0.486 e. The van der Waals surface area contributed by atoms with Crippen LogP contribution in [0.3, 0.4) is 0 Å². The highest BCUT2D eigenvalue weighted by Gasteiger charge is 2.23. The van der Waals surface area contributed by atoms with Crippen LogP contribution in [-0.2, 0) is 4.79 Å². The third-order valence-electron chi connectivity index (χ3n) is 4.55. The van der Waals surface area contributed by atoms with Crippen LogP contribution >= 0.6 is 11.6 Å². The number of halogens is 1. The van der Waals surface area contributed by atoms with Crippen molar-refractivity contribution in [2.75, 3.05) is 31.6 Å². The number of piperidine rings is 1. The van der Waals surface area contributed by atoms with Crippen molar-refractivity contribution in [3.8, 4) is 11.5 Å². The molecule has 5 nitrogen and oxygen atoms in total. The summed E-state index contributed by atoms with van der Waals surface area (Å²) >= 11 is 6.23. The van der Waals surface area contributed by atoms with Crippen LogP contribution in [0.5, 0.6) is 11.5 Å². The molecule has 0 aliphatic carbocycles. The van der Waals surface area contributed by atoms with Gasteiger partial charge < -0.3 is 20.1 Å². The molecule has 1 saturated heterocycles. The maximum atomic E-state index is 12.3. The summed E-state index contributed by atoms with van der Waals surface area (Å²) in [6.45, 7) is 5.25. The fourth-order valence-electron chi connectivity index (χ4n) is 3.18. The molecular formula is C17H23ClN2O3. The number of nitrogens with one attached hydrogen (secondary N) is 2. The average molecular weight is 339 g/mol. The van der Waals surface area contributed by atoms with E-state index in [1.165, 1.54) is 12.8 Å².